The molecular weight excluding hydrogens is 126 g/mol. The van der Waals surface area contributed by atoms with Gasteiger partial charge in [0.1, 0.15) is 5.78 Å². The lowest BCUT2D eigenvalue weighted by molar-refractivity contribution is -0.117. The Hall–Kier alpha value is -0.370. The summed E-state index contributed by atoms with van der Waals surface area (Å²) in [5, 5.41) is 0. The second kappa shape index (κ2) is 3.71. The lowest BCUT2D eigenvalue weighted by atomic mass is 10.2. The molecule has 0 unspecified atom stereocenters. The van der Waals surface area contributed by atoms with Gasteiger partial charge in [0.2, 0.25) is 0 Å². The van der Waals surface area contributed by atoms with E-state index in [-0.39, 0.29) is 0 Å². The van der Waals surface area contributed by atoms with Crippen molar-refractivity contribution in [1.29, 1.82) is 0 Å². The van der Waals surface area contributed by atoms with Gasteiger partial charge in [0, 0.05) is 6.42 Å². The second-order valence-electron chi connectivity index (χ2n) is 3.00. The van der Waals surface area contributed by atoms with Crippen molar-refractivity contribution < 1.29 is 4.79 Å². The largest absolute Gasteiger partial charge is 0.303 e. The quantitative estimate of drug-likeness (QED) is 0.583. The van der Waals surface area contributed by atoms with Gasteiger partial charge in [-0.15, -0.1) is 0 Å². The van der Waals surface area contributed by atoms with Gasteiger partial charge in [0.15, 0.2) is 0 Å². The first-order chi connectivity index (χ1) is 4.79. The van der Waals surface area contributed by atoms with E-state index >= 15 is 0 Å². The molecule has 0 spiro atoms. The highest BCUT2D eigenvalue weighted by Crippen LogP contribution is 2.06. The summed E-state index contributed by atoms with van der Waals surface area (Å²) in [6, 6.07) is 0. The zero-order valence-electron chi connectivity index (χ0n) is 6.60. The fourth-order valence-electron chi connectivity index (χ4n) is 1.16. The Morgan fingerprint density at radius 2 is 2.20 bits per heavy atom. The number of Topliss-reactive ketones (excluding diaryl/α,β-unsaturated/α-hetero) is 1. The fraction of sp³-hybridized carbons (Fsp3) is 0.875. The maximum Gasteiger partial charge on any atom is 0.129 e. The summed E-state index contributed by atoms with van der Waals surface area (Å²) in [4.78, 5) is 12.9. The first-order valence-corrected chi connectivity index (χ1v) is 4.01. The summed E-state index contributed by atoms with van der Waals surface area (Å²) >= 11 is 0. The molecule has 0 bridgehead atoms. The molecule has 2 heteroatoms. The smallest absolute Gasteiger partial charge is 0.129 e. The van der Waals surface area contributed by atoms with Crippen molar-refractivity contribution in [2.45, 2.75) is 26.2 Å². The molecule has 0 aliphatic carbocycles. The summed E-state index contributed by atoms with van der Waals surface area (Å²) in [5.41, 5.74) is 0. The number of nitrogens with zero attached hydrogens (tertiary/aromatic N) is 1. The van der Waals surface area contributed by atoms with E-state index in [0.717, 1.165) is 19.4 Å². The van der Waals surface area contributed by atoms with E-state index in [1.807, 2.05) is 0 Å². The van der Waals surface area contributed by atoms with Crippen LogP contribution in [-0.2, 0) is 4.79 Å². The maximum atomic E-state index is 10.5. The van der Waals surface area contributed by atoms with E-state index < -0.39 is 0 Å². The molecule has 0 atom stereocenters. The summed E-state index contributed by atoms with van der Waals surface area (Å²) in [6.45, 7) is 5.28. The first-order valence-electron chi connectivity index (χ1n) is 4.01. The Morgan fingerprint density at radius 1 is 1.50 bits per heavy atom. The molecule has 0 N–H and O–H groups in total. The van der Waals surface area contributed by atoms with Gasteiger partial charge >= 0.3 is 0 Å². The van der Waals surface area contributed by atoms with Gasteiger partial charge in [-0.05, 0) is 39.4 Å². The Bertz CT molecular complexity index is 118. The molecule has 10 heavy (non-hydrogen) atoms. The molecule has 1 aliphatic heterocycles. The summed E-state index contributed by atoms with van der Waals surface area (Å²) in [7, 11) is 0. The van der Waals surface area contributed by atoms with Crippen molar-refractivity contribution in [3.05, 3.63) is 0 Å². The van der Waals surface area contributed by atoms with Crippen molar-refractivity contribution in [2.24, 2.45) is 0 Å². The molecule has 2 nitrogen and oxygen atoms in total. The summed E-state index contributed by atoms with van der Waals surface area (Å²) in [5.74, 6) is 0.320. The van der Waals surface area contributed by atoms with E-state index in [9.17, 15) is 4.79 Å². The average Bonchev–Trinajstić information content (AvgIpc) is 1.75. The number of hydrogen-bond acceptors (Lipinski definition) is 2. The fourth-order valence-corrected chi connectivity index (χ4v) is 1.16. The van der Waals surface area contributed by atoms with E-state index in [4.69, 9.17) is 0 Å². The van der Waals surface area contributed by atoms with E-state index in [2.05, 4.69) is 4.90 Å². The molecule has 0 saturated carbocycles. The molecular formula is C8H15NO. The van der Waals surface area contributed by atoms with Crippen LogP contribution >= 0.6 is 0 Å². The Balaban J connectivity index is 1.89. The predicted molar refractivity (Wildman–Crippen MR) is 41.0 cm³/mol. The van der Waals surface area contributed by atoms with Crippen LogP contribution in [0.4, 0.5) is 0 Å². The van der Waals surface area contributed by atoms with E-state index in [0.29, 0.717) is 5.78 Å². The monoisotopic (exact) mass is 141 g/mol. The van der Waals surface area contributed by atoms with Crippen LogP contribution in [0.15, 0.2) is 0 Å². The number of likely N-dealkylation sites (tertiary alicyclic amines) is 1. The molecule has 1 fully saturated rings. The lowest BCUT2D eigenvalue weighted by Crippen LogP contribution is -2.37. The van der Waals surface area contributed by atoms with Crippen molar-refractivity contribution in [2.75, 3.05) is 19.6 Å². The molecule has 1 aliphatic rings. The van der Waals surface area contributed by atoms with Gasteiger partial charge in [-0.3, -0.25) is 0 Å². The van der Waals surface area contributed by atoms with Gasteiger partial charge in [-0.25, -0.2) is 0 Å². The topological polar surface area (TPSA) is 20.3 Å². The minimum atomic E-state index is 0.320. The first kappa shape index (κ1) is 7.73. The normalized spacial score (nSPS) is 18.5. The van der Waals surface area contributed by atoms with Gasteiger partial charge in [0.25, 0.3) is 0 Å². The molecule has 1 heterocycles. The molecule has 1 rings (SSSR count). The van der Waals surface area contributed by atoms with Crippen molar-refractivity contribution in [1.82, 2.24) is 4.90 Å². The Kier molecular flexibility index (Phi) is 2.87. The zero-order valence-corrected chi connectivity index (χ0v) is 6.60. The zero-order chi connectivity index (χ0) is 7.40. The van der Waals surface area contributed by atoms with Gasteiger partial charge in [-0.1, -0.05) is 0 Å². The van der Waals surface area contributed by atoms with E-state index in [1.54, 1.807) is 6.92 Å². The molecule has 0 amide bonds. The summed E-state index contributed by atoms with van der Waals surface area (Å²) in [6.07, 6.45) is 3.16. The van der Waals surface area contributed by atoms with E-state index in [1.165, 1.54) is 19.5 Å². The van der Waals surface area contributed by atoms with Crippen LogP contribution < -0.4 is 0 Å². The number of hydrogen-bond donors (Lipinski definition) is 0. The SMILES string of the molecule is CC(=O)CCCN1CCC1. The number of ketones is 1. The minimum Gasteiger partial charge on any atom is -0.303 e. The molecule has 0 aromatic heterocycles. The molecule has 58 valence electrons. The van der Waals surface area contributed by atoms with Gasteiger partial charge < -0.3 is 9.69 Å². The number of carbonyl (C=O) groups is 1. The maximum absolute atomic E-state index is 10.5. The third-order valence-electron chi connectivity index (χ3n) is 1.95. The van der Waals surface area contributed by atoms with Crippen LogP contribution in [0.5, 0.6) is 0 Å². The average molecular weight is 141 g/mol. The van der Waals surface area contributed by atoms with Crippen LogP contribution in [0.2, 0.25) is 0 Å². The highest BCUT2D eigenvalue weighted by Gasteiger charge is 2.12. The third-order valence-corrected chi connectivity index (χ3v) is 1.95. The van der Waals surface area contributed by atoms with Gasteiger partial charge in [-0.2, -0.15) is 0 Å². The van der Waals surface area contributed by atoms with Gasteiger partial charge in [0.05, 0.1) is 0 Å². The second-order valence-corrected chi connectivity index (χ2v) is 3.00. The van der Waals surface area contributed by atoms with Crippen molar-refractivity contribution in [3.63, 3.8) is 0 Å². The molecule has 0 aromatic rings. The Morgan fingerprint density at radius 3 is 2.60 bits per heavy atom. The lowest BCUT2D eigenvalue weighted by Gasteiger charge is -2.30. The molecule has 1 saturated heterocycles. The minimum absolute atomic E-state index is 0.320. The van der Waals surface area contributed by atoms with Crippen LogP contribution in [0, 0.1) is 0 Å². The van der Waals surface area contributed by atoms with Crippen molar-refractivity contribution in [3.8, 4) is 0 Å². The predicted octanol–water partition coefficient (Wildman–Crippen LogP) is 1.06. The molecule has 0 radical (unpaired) electrons. The standard InChI is InChI=1S/C8H15NO/c1-8(10)4-2-5-9-6-3-7-9/h2-7H2,1H3. The Labute approximate surface area is 62.2 Å². The summed E-state index contributed by atoms with van der Waals surface area (Å²) < 4.78 is 0. The van der Waals surface area contributed by atoms with Crippen LogP contribution in [-0.4, -0.2) is 30.3 Å². The number of carbonyl (C=O) groups excluding carboxylic acids is 1. The van der Waals surface area contributed by atoms with Crippen LogP contribution in [0.25, 0.3) is 0 Å². The van der Waals surface area contributed by atoms with Crippen LogP contribution in [0.1, 0.15) is 26.2 Å². The highest BCUT2D eigenvalue weighted by molar-refractivity contribution is 5.75. The van der Waals surface area contributed by atoms with Crippen molar-refractivity contribution >= 4 is 5.78 Å². The molecule has 0 aromatic carbocycles. The van der Waals surface area contributed by atoms with Crippen LogP contribution in [0.3, 0.4) is 0 Å². The highest BCUT2D eigenvalue weighted by atomic mass is 16.1. The third kappa shape index (κ3) is 2.48. The number of rotatable bonds is 4.